The molecule has 2 rings (SSSR count). The van der Waals surface area contributed by atoms with Crippen LogP contribution in [0.25, 0.3) is 0 Å². The van der Waals surface area contributed by atoms with E-state index < -0.39 is 9.84 Å². The van der Waals surface area contributed by atoms with Gasteiger partial charge in [-0.3, -0.25) is 0 Å². The monoisotopic (exact) mass is 399 g/mol. The average molecular weight is 399 g/mol. The van der Waals surface area contributed by atoms with Crippen LogP contribution in [0, 0.1) is 34.0 Å². The van der Waals surface area contributed by atoms with Crippen LogP contribution in [0.1, 0.15) is 20.8 Å². The highest BCUT2D eigenvalue weighted by atomic mass is 32.2. The van der Waals surface area contributed by atoms with Gasteiger partial charge < -0.3 is 15.0 Å². The van der Waals surface area contributed by atoms with Gasteiger partial charge in [-0.2, -0.15) is 15.8 Å². The lowest BCUT2D eigenvalue weighted by atomic mass is 10.1. The van der Waals surface area contributed by atoms with Crippen molar-refractivity contribution in [2.24, 2.45) is 0 Å². The number of nitrogens with one attached hydrogen (secondary N) is 1. The quantitative estimate of drug-likeness (QED) is 0.747. The number of morpholine rings is 1. The summed E-state index contributed by atoms with van der Waals surface area (Å²) in [5.41, 5.74) is 0.406. The predicted molar refractivity (Wildman–Crippen MR) is 104 cm³/mol. The molecule has 1 N–H and O–H groups in total. The van der Waals surface area contributed by atoms with Crippen LogP contribution in [0.15, 0.2) is 34.4 Å². The molecule has 0 radical (unpaired) electrons. The molecule has 0 amide bonds. The van der Waals surface area contributed by atoms with E-state index in [1.165, 1.54) is 12.1 Å². The molecule has 28 heavy (non-hydrogen) atoms. The van der Waals surface area contributed by atoms with Crippen LogP contribution >= 0.6 is 0 Å². The molecule has 1 saturated heterocycles. The van der Waals surface area contributed by atoms with Gasteiger partial charge in [0.15, 0.2) is 15.4 Å². The highest BCUT2D eigenvalue weighted by Gasteiger charge is 2.25. The van der Waals surface area contributed by atoms with Crippen LogP contribution in [0.5, 0.6) is 0 Å². The molecule has 0 saturated carbocycles. The molecule has 0 spiro atoms. The summed E-state index contributed by atoms with van der Waals surface area (Å²) >= 11 is 0. The highest BCUT2D eigenvalue weighted by Crippen LogP contribution is 2.32. The Labute approximate surface area is 165 Å². The predicted octanol–water partition coefficient (Wildman–Crippen LogP) is 2.33. The van der Waals surface area contributed by atoms with Gasteiger partial charge in [-0.05, 0) is 32.0 Å². The Kier molecular flexibility index (Phi) is 6.64. The molecule has 0 aromatic heterocycles. The second-order valence-corrected chi connectivity index (χ2v) is 8.73. The van der Waals surface area contributed by atoms with Gasteiger partial charge in [0.25, 0.3) is 0 Å². The van der Waals surface area contributed by atoms with Crippen molar-refractivity contribution in [3.8, 4) is 18.2 Å². The van der Waals surface area contributed by atoms with Gasteiger partial charge in [-0.15, -0.1) is 0 Å². The molecule has 0 aliphatic carbocycles. The Hall–Kier alpha value is -3.06. The first-order valence-electron chi connectivity index (χ1n) is 8.74. The Morgan fingerprint density at radius 1 is 1.18 bits per heavy atom. The van der Waals surface area contributed by atoms with E-state index >= 15 is 0 Å². The van der Waals surface area contributed by atoms with Crippen LogP contribution in [0.2, 0.25) is 0 Å². The maximum Gasteiger partial charge on any atom is 0.178 e. The van der Waals surface area contributed by atoms with Crippen molar-refractivity contribution >= 4 is 21.2 Å². The zero-order valence-electron chi connectivity index (χ0n) is 15.9. The van der Waals surface area contributed by atoms with E-state index in [-0.39, 0.29) is 34.1 Å². The third kappa shape index (κ3) is 4.61. The van der Waals surface area contributed by atoms with Crippen LogP contribution in [0.3, 0.4) is 0 Å². The van der Waals surface area contributed by atoms with E-state index in [0.29, 0.717) is 24.5 Å². The number of ether oxygens (including phenoxy) is 1. The van der Waals surface area contributed by atoms with E-state index in [1.54, 1.807) is 31.2 Å². The second kappa shape index (κ2) is 8.75. The van der Waals surface area contributed by atoms with Gasteiger partial charge in [-0.25, -0.2) is 8.42 Å². The minimum Gasteiger partial charge on any atom is -0.372 e. The summed E-state index contributed by atoms with van der Waals surface area (Å²) in [7, 11) is -3.48. The highest BCUT2D eigenvalue weighted by molar-refractivity contribution is 7.91. The minimum atomic E-state index is -3.48. The first-order valence-corrected chi connectivity index (χ1v) is 10.4. The SMILES string of the molecule is CCS(=O)(=O)c1ccc(N2CC(C)OC(C)C2)c(NC(C#N)=C(C#N)C#N)c1. The number of hydrogen-bond donors (Lipinski definition) is 1. The Morgan fingerprint density at radius 2 is 1.79 bits per heavy atom. The standard InChI is InChI=1S/C19H21N5O3S/c1-4-28(25,26)16-5-6-19(24-11-13(2)27-14(3)12-24)17(7-16)23-18(10-22)15(8-20)9-21/h5-7,13-14,23H,4,11-12H2,1-3H3. The maximum absolute atomic E-state index is 12.3. The zero-order valence-corrected chi connectivity index (χ0v) is 16.7. The summed E-state index contributed by atoms with van der Waals surface area (Å²) in [5.74, 6) is -0.0694. The number of nitrogens with zero attached hydrogens (tertiary/aromatic N) is 4. The Morgan fingerprint density at radius 3 is 2.29 bits per heavy atom. The molecule has 146 valence electrons. The fourth-order valence-corrected chi connectivity index (χ4v) is 3.95. The molecule has 2 atom stereocenters. The number of sulfone groups is 1. The smallest absolute Gasteiger partial charge is 0.178 e. The summed E-state index contributed by atoms with van der Waals surface area (Å²) in [6, 6.07) is 9.78. The van der Waals surface area contributed by atoms with Crippen LogP contribution < -0.4 is 10.2 Å². The van der Waals surface area contributed by atoms with Crippen molar-refractivity contribution in [2.45, 2.75) is 37.9 Å². The first-order chi connectivity index (χ1) is 13.2. The van der Waals surface area contributed by atoms with Gasteiger partial charge in [0.05, 0.1) is 34.2 Å². The lowest BCUT2D eigenvalue weighted by Crippen LogP contribution is -2.45. The van der Waals surface area contributed by atoms with Crippen molar-refractivity contribution in [1.29, 1.82) is 15.8 Å². The molecular formula is C19H21N5O3S. The van der Waals surface area contributed by atoms with Crippen LogP contribution in [-0.2, 0) is 14.6 Å². The van der Waals surface area contributed by atoms with E-state index in [9.17, 15) is 13.7 Å². The van der Waals surface area contributed by atoms with Gasteiger partial charge >= 0.3 is 0 Å². The molecule has 1 aromatic rings. The number of hydrogen-bond acceptors (Lipinski definition) is 8. The Balaban J connectivity index is 2.60. The van der Waals surface area contributed by atoms with Crippen molar-refractivity contribution in [2.75, 3.05) is 29.1 Å². The Bertz CT molecular complexity index is 985. The average Bonchev–Trinajstić information content (AvgIpc) is 2.67. The number of rotatable bonds is 5. The van der Waals surface area contributed by atoms with Gasteiger partial charge in [0.2, 0.25) is 0 Å². The molecule has 8 nitrogen and oxygen atoms in total. The lowest BCUT2D eigenvalue weighted by Gasteiger charge is -2.37. The van der Waals surface area contributed by atoms with E-state index in [1.807, 2.05) is 18.7 Å². The topological polar surface area (TPSA) is 130 Å². The van der Waals surface area contributed by atoms with E-state index in [0.717, 1.165) is 0 Å². The van der Waals surface area contributed by atoms with Crippen molar-refractivity contribution < 1.29 is 13.2 Å². The van der Waals surface area contributed by atoms with Crippen molar-refractivity contribution in [3.63, 3.8) is 0 Å². The number of anilines is 2. The number of nitriles is 3. The van der Waals surface area contributed by atoms with Crippen LogP contribution in [0.4, 0.5) is 11.4 Å². The minimum absolute atomic E-state index is 0.0320. The number of benzene rings is 1. The number of allylic oxidation sites excluding steroid dienone is 2. The summed E-state index contributed by atoms with van der Waals surface area (Å²) in [5, 5.41) is 30.3. The van der Waals surface area contributed by atoms with Crippen LogP contribution in [-0.4, -0.2) is 39.5 Å². The third-order valence-electron chi connectivity index (χ3n) is 4.31. The molecule has 2 unspecified atom stereocenters. The zero-order chi connectivity index (χ0) is 20.9. The fourth-order valence-electron chi connectivity index (χ4n) is 3.04. The molecular weight excluding hydrogens is 378 g/mol. The molecule has 1 aliphatic heterocycles. The van der Waals surface area contributed by atoms with Gasteiger partial charge in [0.1, 0.15) is 23.9 Å². The molecule has 1 aromatic carbocycles. The maximum atomic E-state index is 12.3. The van der Waals surface area contributed by atoms with Crippen molar-refractivity contribution in [3.05, 3.63) is 29.5 Å². The molecule has 1 aliphatic rings. The molecule has 9 heteroatoms. The summed E-state index contributed by atoms with van der Waals surface area (Å²) < 4.78 is 30.3. The summed E-state index contributed by atoms with van der Waals surface area (Å²) in [4.78, 5) is 2.13. The van der Waals surface area contributed by atoms with E-state index in [2.05, 4.69) is 5.32 Å². The summed E-state index contributed by atoms with van der Waals surface area (Å²) in [6.45, 7) is 6.58. The van der Waals surface area contributed by atoms with Crippen molar-refractivity contribution in [1.82, 2.24) is 0 Å². The lowest BCUT2D eigenvalue weighted by molar-refractivity contribution is -0.00517. The van der Waals surface area contributed by atoms with Gasteiger partial charge in [-0.1, -0.05) is 6.92 Å². The first kappa shape index (κ1) is 21.2. The largest absolute Gasteiger partial charge is 0.372 e. The van der Waals surface area contributed by atoms with Gasteiger partial charge in [0, 0.05) is 13.1 Å². The second-order valence-electron chi connectivity index (χ2n) is 6.46. The molecule has 1 fully saturated rings. The fraction of sp³-hybridized carbons (Fsp3) is 0.421. The molecule has 1 heterocycles. The molecule has 0 bridgehead atoms. The normalized spacial score (nSPS) is 19.1. The summed E-state index contributed by atoms with van der Waals surface area (Å²) in [6.07, 6.45) is -0.0641. The van der Waals surface area contributed by atoms with E-state index in [4.69, 9.17) is 15.3 Å². The third-order valence-corrected chi connectivity index (χ3v) is 6.04.